The molecule has 0 spiro atoms. The minimum atomic E-state index is -3.80. The first-order valence-electron chi connectivity index (χ1n) is 5.63. The summed E-state index contributed by atoms with van der Waals surface area (Å²) in [6.07, 6.45) is 1.08. The van der Waals surface area contributed by atoms with Crippen molar-refractivity contribution in [3.05, 3.63) is 52.4 Å². The van der Waals surface area contributed by atoms with Gasteiger partial charge in [0, 0.05) is 18.0 Å². The van der Waals surface area contributed by atoms with E-state index in [2.05, 4.69) is 10.3 Å². The van der Waals surface area contributed by atoms with Gasteiger partial charge in [-0.15, -0.1) is 0 Å². The molecule has 21 heavy (non-hydrogen) atoms. The van der Waals surface area contributed by atoms with Crippen LogP contribution < -0.4 is 16.0 Å². The van der Waals surface area contributed by atoms with E-state index in [1.54, 1.807) is 0 Å². The maximum Gasteiger partial charge on any atom is 0.260 e. The van der Waals surface area contributed by atoms with Gasteiger partial charge in [0.25, 0.3) is 11.5 Å². The number of hydrogen-bond donors (Lipinski definition) is 4. The van der Waals surface area contributed by atoms with Crippen LogP contribution in [-0.4, -0.2) is 24.4 Å². The standard InChI is InChI=1S/C12H11N3O5S/c13-21(19,20)8-3-1-7(2-4-8)15-12(18)9-6-14-11(17)5-10(9)16/h1-6H,(H,15,18)(H2,13,19,20)(H2,14,16,17). The molecular formula is C12H11N3O5S. The van der Waals surface area contributed by atoms with Crippen molar-refractivity contribution in [3.8, 4) is 5.75 Å². The Morgan fingerprint density at radius 3 is 2.38 bits per heavy atom. The summed E-state index contributed by atoms with van der Waals surface area (Å²) in [6.45, 7) is 0. The quantitative estimate of drug-likeness (QED) is 0.630. The van der Waals surface area contributed by atoms with Gasteiger partial charge in [-0.05, 0) is 24.3 Å². The Bertz CT molecular complexity index is 840. The normalized spacial score (nSPS) is 11.1. The van der Waals surface area contributed by atoms with E-state index in [9.17, 15) is 23.1 Å². The molecule has 0 aliphatic rings. The number of aromatic amines is 1. The van der Waals surface area contributed by atoms with Crippen molar-refractivity contribution in [3.63, 3.8) is 0 Å². The number of sulfonamides is 1. The van der Waals surface area contributed by atoms with Gasteiger partial charge in [-0.2, -0.15) is 0 Å². The summed E-state index contributed by atoms with van der Waals surface area (Å²) in [7, 11) is -3.80. The highest BCUT2D eigenvalue weighted by molar-refractivity contribution is 7.89. The van der Waals surface area contributed by atoms with Crippen LogP contribution in [0.15, 0.2) is 46.2 Å². The summed E-state index contributed by atoms with van der Waals surface area (Å²) in [6, 6.07) is 6.04. The molecule has 1 heterocycles. The van der Waals surface area contributed by atoms with Crippen molar-refractivity contribution >= 4 is 21.6 Å². The molecule has 0 aliphatic heterocycles. The molecule has 1 aromatic heterocycles. The lowest BCUT2D eigenvalue weighted by Gasteiger charge is -2.07. The lowest BCUT2D eigenvalue weighted by Crippen LogP contribution is -2.15. The number of rotatable bonds is 3. The largest absolute Gasteiger partial charge is 0.507 e. The maximum absolute atomic E-state index is 11.9. The lowest BCUT2D eigenvalue weighted by molar-refractivity contribution is 0.102. The van der Waals surface area contributed by atoms with Crippen molar-refractivity contribution in [2.24, 2.45) is 5.14 Å². The van der Waals surface area contributed by atoms with Crippen molar-refractivity contribution in [2.75, 3.05) is 5.32 Å². The number of carbonyl (C=O) groups is 1. The Labute approximate surface area is 119 Å². The van der Waals surface area contributed by atoms with Gasteiger partial charge in [0.1, 0.15) is 5.75 Å². The van der Waals surface area contributed by atoms with Crippen LogP contribution in [0.5, 0.6) is 5.75 Å². The number of carbonyl (C=O) groups excluding carboxylic acids is 1. The average Bonchev–Trinajstić information content (AvgIpc) is 2.38. The smallest absolute Gasteiger partial charge is 0.260 e. The maximum atomic E-state index is 11.9. The molecule has 0 aliphatic carbocycles. The summed E-state index contributed by atoms with van der Waals surface area (Å²) >= 11 is 0. The molecule has 2 aromatic rings. The number of nitrogens with two attached hydrogens (primary N) is 1. The fraction of sp³-hybridized carbons (Fsp3) is 0. The molecule has 110 valence electrons. The number of anilines is 1. The van der Waals surface area contributed by atoms with Crippen molar-refractivity contribution < 1.29 is 18.3 Å². The lowest BCUT2D eigenvalue weighted by atomic mass is 10.2. The van der Waals surface area contributed by atoms with Gasteiger partial charge in [0.2, 0.25) is 10.0 Å². The topological polar surface area (TPSA) is 142 Å². The third-order valence-electron chi connectivity index (χ3n) is 2.59. The summed E-state index contributed by atoms with van der Waals surface area (Å²) < 4.78 is 22.2. The predicted octanol–water partition coefficient (Wildman–Crippen LogP) is -0.0198. The number of pyridine rings is 1. The Hall–Kier alpha value is -2.65. The first kappa shape index (κ1) is 14.8. The van der Waals surface area contributed by atoms with Crippen molar-refractivity contribution in [1.82, 2.24) is 4.98 Å². The Kier molecular flexibility index (Phi) is 3.78. The van der Waals surface area contributed by atoms with Gasteiger partial charge >= 0.3 is 0 Å². The highest BCUT2D eigenvalue weighted by Crippen LogP contribution is 2.17. The monoisotopic (exact) mass is 309 g/mol. The number of hydrogen-bond acceptors (Lipinski definition) is 5. The molecule has 0 bridgehead atoms. The Balaban J connectivity index is 2.22. The number of primary sulfonamides is 1. The molecule has 0 unspecified atom stereocenters. The van der Waals surface area contributed by atoms with Crippen LogP contribution in [0, 0.1) is 0 Å². The van der Waals surface area contributed by atoms with Gasteiger partial charge in [-0.1, -0.05) is 0 Å². The van der Waals surface area contributed by atoms with Gasteiger partial charge in [-0.3, -0.25) is 9.59 Å². The molecule has 0 saturated heterocycles. The van der Waals surface area contributed by atoms with Crippen molar-refractivity contribution in [2.45, 2.75) is 4.90 Å². The number of aromatic hydroxyl groups is 1. The average molecular weight is 309 g/mol. The Morgan fingerprint density at radius 2 is 1.86 bits per heavy atom. The first-order valence-corrected chi connectivity index (χ1v) is 7.18. The third kappa shape index (κ3) is 3.46. The van der Waals surface area contributed by atoms with E-state index < -0.39 is 27.2 Å². The molecule has 9 heteroatoms. The SMILES string of the molecule is NS(=O)(=O)c1ccc(NC(=O)c2c[nH]c(=O)cc2O)cc1. The zero-order chi connectivity index (χ0) is 15.6. The summed E-state index contributed by atoms with van der Waals surface area (Å²) in [5, 5.41) is 16.9. The molecule has 0 atom stereocenters. The summed E-state index contributed by atoms with van der Waals surface area (Å²) in [4.78, 5) is 25.0. The summed E-state index contributed by atoms with van der Waals surface area (Å²) in [5.41, 5.74) is -0.357. The Morgan fingerprint density at radius 1 is 1.24 bits per heavy atom. The van der Waals surface area contributed by atoms with Gasteiger partial charge < -0.3 is 15.4 Å². The number of nitrogens with one attached hydrogen (secondary N) is 2. The molecule has 0 fully saturated rings. The number of H-pyrrole nitrogens is 1. The van der Waals surface area contributed by atoms with E-state index in [0.717, 1.165) is 12.3 Å². The number of aromatic nitrogens is 1. The zero-order valence-electron chi connectivity index (χ0n) is 10.5. The second kappa shape index (κ2) is 5.38. The third-order valence-corrected chi connectivity index (χ3v) is 3.52. The molecule has 0 radical (unpaired) electrons. The second-order valence-electron chi connectivity index (χ2n) is 4.12. The van der Waals surface area contributed by atoms with E-state index in [1.807, 2.05) is 0 Å². The number of benzene rings is 1. The molecular weight excluding hydrogens is 298 g/mol. The second-order valence-corrected chi connectivity index (χ2v) is 5.68. The van der Waals surface area contributed by atoms with E-state index in [-0.39, 0.29) is 10.5 Å². The van der Waals surface area contributed by atoms with Crippen LogP contribution in [-0.2, 0) is 10.0 Å². The van der Waals surface area contributed by atoms with Gasteiger partial charge in [0.15, 0.2) is 0 Å². The first-order chi connectivity index (χ1) is 9.77. The zero-order valence-corrected chi connectivity index (χ0v) is 11.3. The molecule has 1 amide bonds. The van der Waals surface area contributed by atoms with Crippen LogP contribution in [0.3, 0.4) is 0 Å². The predicted molar refractivity (Wildman–Crippen MR) is 74.5 cm³/mol. The van der Waals surface area contributed by atoms with Crippen LogP contribution >= 0.6 is 0 Å². The van der Waals surface area contributed by atoms with Crippen LogP contribution in [0.25, 0.3) is 0 Å². The highest BCUT2D eigenvalue weighted by Gasteiger charge is 2.13. The van der Waals surface area contributed by atoms with Crippen molar-refractivity contribution in [1.29, 1.82) is 0 Å². The van der Waals surface area contributed by atoms with Gasteiger partial charge in [-0.25, -0.2) is 13.6 Å². The van der Waals surface area contributed by atoms with Crippen LogP contribution in [0.1, 0.15) is 10.4 Å². The fourth-order valence-corrected chi connectivity index (χ4v) is 2.08. The van der Waals surface area contributed by atoms with E-state index in [4.69, 9.17) is 5.14 Å². The molecule has 0 saturated carbocycles. The molecule has 2 rings (SSSR count). The van der Waals surface area contributed by atoms with E-state index in [0.29, 0.717) is 5.69 Å². The van der Waals surface area contributed by atoms with E-state index >= 15 is 0 Å². The minimum Gasteiger partial charge on any atom is -0.507 e. The molecule has 1 aromatic carbocycles. The fourth-order valence-electron chi connectivity index (χ4n) is 1.57. The molecule has 5 N–H and O–H groups in total. The van der Waals surface area contributed by atoms with Crippen LogP contribution in [0.2, 0.25) is 0 Å². The minimum absolute atomic E-state index is 0.0904. The van der Waals surface area contributed by atoms with Gasteiger partial charge in [0.05, 0.1) is 10.5 Å². The molecule has 8 nitrogen and oxygen atoms in total. The highest BCUT2D eigenvalue weighted by atomic mass is 32.2. The number of amides is 1. The van der Waals surface area contributed by atoms with E-state index in [1.165, 1.54) is 24.3 Å². The van der Waals surface area contributed by atoms with Crippen LogP contribution in [0.4, 0.5) is 5.69 Å². The summed E-state index contributed by atoms with van der Waals surface area (Å²) in [5.74, 6) is -1.12.